The molecule has 1 heterocycles. The highest BCUT2D eigenvalue weighted by molar-refractivity contribution is 14.1. The minimum Gasteiger partial charge on any atom is -0.504 e. The van der Waals surface area contributed by atoms with Gasteiger partial charge < -0.3 is 9.84 Å². The molecule has 0 bridgehead atoms. The van der Waals surface area contributed by atoms with Crippen molar-refractivity contribution in [1.29, 1.82) is 5.26 Å². The molecule has 0 aliphatic heterocycles. The fourth-order valence-corrected chi connectivity index (χ4v) is 3.05. The first-order valence-corrected chi connectivity index (χ1v) is 9.06. The molecule has 8 nitrogen and oxygen atoms in total. The molecule has 3 rings (SSSR count). The summed E-state index contributed by atoms with van der Waals surface area (Å²) in [5.41, 5.74) is 3.61. The van der Waals surface area contributed by atoms with E-state index in [2.05, 4.69) is 20.5 Å². The molecule has 0 atom stereocenters. The number of hydrazone groups is 1. The second-order valence-corrected chi connectivity index (χ2v) is 6.70. The quantitative estimate of drug-likeness (QED) is 0.289. The largest absolute Gasteiger partial charge is 0.504 e. The van der Waals surface area contributed by atoms with Crippen molar-refractivity contribution in [1.82, 2.24) is 9.97 Å². The predicted octanol–water partition coefficient (Wildman–Crippen LogP) is 3.07. The number of H-pyrrole nitrogens is 1. The van der Waals surface area contributed by atoms with E-state index in [1.54, 1.807) is 36.4 Å². The molecule has 0 radical (unpaired) electrons. The molecule has 0 aliphatic carbocycles. The number of hydrogen-bond donors (Lipinski definition) is 3. The predicted molar refractivity (Wildman–Crippen MR) is 114 cm³/mol. The average Bonchev–Trinajstić information content (AvgIpc) is 2.70. The summed E-state index contributed by atoms with van der Waals surface area (Å²) in [6.07, 6.45) is 1.49. The van der Waals surface area contributed by atoms with Gasteiger partial charge in [-0.2, -0.15) is 10.4 Å². The van der Waals surface area contributed by atoms with Gasteiger partial charge in [-0.1, -0.05) is 30.3 Å². The number of hydrogen-bond acceptors (Lipinski definition) is 7. The maximum Gasteiger partial charge on any atom is 0.270 e. The number of aromatic amines is 1. The van der Waals surface area contributed by atoms with E-state index in [1.165, 1.54) is 13.3 Å². The number of methoxy groups -OCH3 is 1. The Hall–Kier alpha value is -3.39. The second-order valence-electron chi connectivity index (χ2n) is 5.54. The number of rotatable bonds is 5. The number of phenolic OH excluding ortho intramolecular Hbond substituents is 1. The monoisotopic (exact) mass is 487 g/mol. The van der Waals surface area contributed by atoms with Crippen LogP contribution in [0.2, 0.25) is 0 Å². The fraction of sp³-hybridized carbons (Fsp3) is 0.0526. The van der Waals surface area contributed by atoms with E-state index in [4.69, 9.17) is 4.74 Å². The summed E-state index contributed by atoms with van der Waals surface area (Å²) in [4.78, 5) is 19.0. The van der Waals surface area contributed by atoms with Gasteiger partial charge in [0.25, 0.3) is 5.56 Å². The number of nitrogens with zero attached hydrogens (tertiary/aromatic N) is 3. The minimum absolute atomic E-state index is 0.0544. The topological polar surface area (TPSA) is 123 Å². The summed E-state index contributed by atoms with van der Waals surface area (Å²) in [7, 11) is 1.46. The maximum atomic E-state index is 12.2. The van der Waals surface area contributed by atoms with E-state index in [0.29, 0.717) is 20.4 Å². The molecule has 0 spiro atoms. The van der Waals surface area contributed by atoms with Crippen molar-refractivity contribution in [2.45, 2.75) is 0 Å². The lowest BCUT2D eigenvalue weighted by molar-refractivity contribution is 0.371. The van der Waals surface area contributed by atoms with Crippen LogP contribution in [0.25, 0.3) is 11.3 Å². The third-order valence-electron chi connectivity index (χ3n) is 3.73. The molecule has 0 fully saturated rings. The zero-order valence-corrected chi connectivity index (χ0v) is 16.8. The van der Waals surface area contributed by atoms with Crippen molar-refractivity contribution in [2.24, 2.45) is 5.10 Å². The van der Waals surface area contributed by atoms with Crippen molar-refractivity contribution in [3.63, 3.8) is 0 Å². The Labute approximate surface area is 173 Å². The zero-order valence-electron chi connectivity index (χ0n) is 14.6. The first-order chi connectivity index (χ1) is 13.5. The van der Waals surface area contributed by atoms with Crippen LogP contribution in [0.3, 0.4) is 0 Å². The molecular formula is C19H14IN5O3. The van der Waals surface area contributed by atoms with E-state index in [-0.39, 0.29) is 23.0 Å². The van der Waals surface area contributed by atoms with Crippen LogP contribution in [-0.4, -0.2) is 28.4 Å². The summed E-state index contributed by atoms with van der Waals surface area (Å²) in [6, 6.07) is 14.2. The molecule has 1 aromatic heterocycles. The summed E-state index contributed by atoms with van der Waals surface area (Å²) in [6.45, 7) is 0. The number of halogens is 1. The molecule has 0 saturated carbocycles. The molecule has 28 heavy (non-hydrogen) atoms. The number of nitrogens with one attached hydrogen (secondary N) is 2. The standard InChI is InChI=1S/C19H14IN5O3/c1-28-15-8-11(7-14(20)17(15)26)10-22-25-19-23-16(12-5-3-2-4-6-12)13(9-21)18(27)24-19/h2-8,10,26H,1H3,(H2,23,24,25,27). The smallest absolute Gasteiger partial charge is 0.270 e. The first kappa shape index (κ1) is 19.4. The van der Waals surface area contributed by atoms with E-state index in [9.17, 15) is 15.2 Å². The molecular weight excluding hydrogens is 473 g/mol. The number of phenols is 1. The normalized spacial score (nSPS) is 10.6. The molecule has 9 heteroatoms. The summed E-state index contributed by atoms with van der Waals surface area (Å²) < 4.78 is 5.72. The number of aromatic nitrogens is 2. The Balaban J connectivity index is 1.91. The van der Waals surface area contributed by atoms with Crippen molar-refractivity contribution in [2.75, 3.05) is 12.5 Å². The third kappa shape index (κ3) is 4.12. The molecule has 0 aliphatic rings. The number of benzene rings is 2. The Kier molecular flexibility index (Phi) is 5.90. The first-order valence-electron chi connectivity index (χ1n) is 7.99. The van der Waals surface area contributed by atoms with Crippen molar-refractivity contribution in [3.8, 4) is 28.8 Å². The Morgan fingerprint density at radius 2 is 2.11 bits per heavy atom. The molecule has 3 aromatic rings. The van der Waals surface area contributed by atoms with Gasteiger partial charge in [0.15, 0.2) is 11.5 Å². The fourth-order valence-electron chi connectivity index (χ4n) is 2.43. The molecule has 0 amide bonds. The van der Waals surface area contributed by atoms with Crippen LogP contribution in [0.4, 0.5) is 5.95 Å². The molecule has 3 N–H and O–H groups in total. The number of aromatic hydroxyl groups is 1. The molecule has 140 valence electrons. The molecule has 2 aromatic carbocycles. The summed E-state index contributed by atoms with van der Waals surface area (Å²) >= 11 is 1.98. The minimum atomic E-state index is -0.560. The highest BCUT2D eigenvalue weighted by atomic mass is 127. The van der Waals surface area contributed by atoms with E-state index < -0.39 is 5.56 Å². The Morgan fingerprint density at radius 1 is 1.36 bits per heavy atom. The SMILES string of the molecule is COc1cc(C=NNc2nc(-c3ccccc3)c(C#N)c(=O)[nH]2)cc(I)c1O. The van der Waals surface area contributed by atoms with Gasteiger partial charge in [0.1, 0.15) is 11.6 Å². The highest BCUT2D eigenvalue weighted by Crippen LogP contribution is 2.31. The molecule has 0 unspecified atom stereocenters. The number of nitriles is 1. The van der Waals surface area contributed by atoms with Crippen LogP contribution in [-0.2, 0) is 0 Å². The van der Waals surface area contributed by atoms with Gasteiger partial charge in [-0.15, -0.1) is 0 Å². The van der Waals surface area contributed by atoms with E-state index >= 15 is 0 Å². The number of anilines is 1. The lowest BCUT2D eigenvalue weighted by Crippen LogP contribution is -2.16. The van der Waals surface area contributed by atoms with Gasteiger partial charge in [-0.25, -0.2) is 10.4 Å². The van der Waals surface area contributed by atoms with Crippen LogP contribution in [0, 0.1) is 14.9 Å². The zero-order chi connectivity index (χ0) is 20.1. The van der Waals surface area contributed by atoms with Crippen LogP contribution < -0.4 is 15.7 Å². The number of ether oxygens (including phenoxy) is 1. The highest BCUT2D eigenvalue weighted by Gasteiger charge is 2.13. The Morgan fingerprint density at radius 3 is 2.79 bits per heavy atom. The second kappa shape index (κ2) is 8.53. The molecule has 0 saturated heterocycles. The van der Waals surface area contributed by atoms with Gasteiger partial charge >= 0.3 is 0 Å². The van der Waals surface area contributed by atoms with E-state index in [1.807, 2.05) is 34.7 Å². The van der Waals surface area contributed by atoms with Gasteiger partial charge in [0.05, 0.1) is 22.6 Å². The summed E-state index contributed by atoms with van der Waals surface area (Å²) in [5, 5.41) is 23.2. The Bertz CT molecular complexity index is 1140. The lowest BCUT2D eigenvalue weighted by atomic mass is 10.1. The van der Waals surface area contributed by atoms with Crippen LogP contribution in [0.15, 0.2) is 52.4 Å². The van der Waals surface area contributed by atoms with Crippen LogP contribution >= 0.6 is 22.6 Å². The van der Waals surface area contributed by atoms with Crippen molar-refractivity contribution < 1.29 is 9.84 Å². The third-order valence-corrected chi connectivity index (χ3v) is 4.56. The van der Waals surface area contributed by atoms with Gasteiger partial charge in [-0.05, 0) is 40.3 Å². The van der Waals surface area contributed by atoms with E-state index in [0.717, 1.165) is 0 Å². The van der Waals surface area contributed by atoms with Crippen molar-refractivity contribution in [3.05, 3.63) is 67.5 Å². The van der Waals surface area contributed by atoms with Crippen LogP contribution in [0.1, 0.15) is 11.1 Å². The van der Waals surface area contributed by atoms with Gasteiger partial charge in [-0.3, -0.25) is 9.78 Å². The summed E-state index contributed by atoms with van der Waals surface area (Å²) in [5.74, 6) is 0.475. The van der Waals surface area contributed by atoms with Crippen molar-refractivity contribution >= 4 is 34.8 Å². The maximum absolute atomic E-state index is 12.2. The lowest BCUT2D eigenvalue weighted by Gasteiger charge is -2.07. The average molecular weight is 487 g/mol. The van der Waals surface area contributed by atoms with Crippen LogP contribution in [0.5, 0.6) is 11.5 Å². The van der Waals surface area contributed by atoms with Gasteiger partial charge in [0.2, 0.25) is 5.95 Å². The van der Waals surface area contributed by atoms with Gasteiger partial charge in [0, 0.05) is 5.56 Å².